The second kappa shape index (κ2) is 9.78. The van der Waals surface area contributed by atoms with Crippen LogP contribution in [0.25, 0.3) is 0 Å². The fraction of sp³-hybridized carbons (Fsp3) is 0.211. The summed E-state index contributed by atoms with van der Waals surface area (Å²) < 4.78 is 65.0. The number of carbonyl (C=O) groups excluding carboxylic acids is 1. The lowest BCUT2D eigenvalue weighted by atomic mass is 10.2. The lowest BCUT2D eigenvalue weighted by Crippen LogP contribution is -2.31. The number of hydrogen-bond donors (Lipinski definition) is 2. The Bertz CT molecular complexity index is 1030. The number of alkyl halides is 3. The van der Waals surface area contributed by atoms with Gasteiger partial charge in [0.25, 0.3) is 0 Å². The van der Waals surface area contributed by atoms with E-state index in [1.807, 2.05) is 30.3 Å². The van der Waals surface area contributed by atoms with Gasteiger partial charge in [-0.15, -0.1) is 0 Å². The summed E-state index contributed by atoms with van der Waals surface area (Å²) in [6, 6.07) is 11.4. The van der Waals surface area contributed by atoms with Crippen molar-refractivity contribution in [2.45, 2.75) is 17.5 Å². The van der Waals surface area contributed by atoms with E-state index in [2.05, 4.69) is 21.9 Å². The van der Waals surface area contributed by atoms with Gasteiger partial charge in [-0.25, -0.2) is 13.1 Å². The minimum absolute atomic E-state index is 0.0760. The highest BCUT2D eigenvalue weighted by Gasteiger charge is 2.34. The molecule has 10 heteroatoms. The second-order valence-electron chi connectivity index (χ2n) is 5.73. The van der Waals surface area contributed by atoms with Gasteiger partial charge in [-0.1, -0.05) is 41.6 Å². The van der Waals surface area contributed by atoms with E-state index in [-0.39, 0.29) is 19.5 Å². The average Bonchev–Trinajstić information content (AvgIpc) is 2.65. The summed E-state index contributed by atoms with van der Waals surface area (Å²) in [5.41, 5.74) is -0.465. The lowest BCUT2D eigenvalue weighted by molar-refractivity contribution is -0.137. The van der Waals surface area contributed by atoms with Gasteiger partial charge in [-0.05, 0) is 30.3 Å². The third-order valence-electron chi connectivity index (χ3n) is 3.58. The SMILES string of the molecule is O=C(CCNS(=O)(=O)c1ccc(Cl)c(C(F)(F)F)c1)NCC#Cc1ccccc1. The normalized spacial score (nSPS) is 11.4. The zero-order valence-electron chi connectivity index (χ0n) is 14.9. The summed E-state index contributed by atoms with van der Waals surface area (Å²) in [7, 11) is -4.23. The largest absolute Gasteiger partial charge is 0.417 e. The summed E-state index contributed by atoms with van der Waals surface area (Å²) in [5.74, 6) is 5.14. The molecule has 0 bridgehead atoms. The Labute approximate surface area is 171 Å². The highest BCUT2D eigenvalue weighted by molar-refractivity contribution is 7.89. The predicted molar refractivity (Wildman–Crippen MR) is 103 cm³/mol. The first-order valence-corrected chi connectivity index (χ1v) is 10.1. The highest BCUT2D eigenvalue weighted by atomic mass is 35.5. The molecule has 0 spiro atoms. The third kappa shape index (κ3) is 7.09. The number of rotatable bonds is 6. The van der Waals surface area contributed by atoms with Crippen molar-refractivity contribution in [1.82, 2.24) is 10.0 Å². The first-order chi connectivity index (χ1) is 13.6. The number of hydrogen-bond acceptors (Lipinski definition) is 3. The Kier molecular flexibility index (Phi) is 7.67. The van der Waals surface area contributed by atoms with E-state index >= 15 is 0 Å². The van der Waals surface area contributed by atoms with Crippen LogP contribution < -0.4 is 10.0 Å². The molecule has 0 heterocycles. The molecule has 0 unspecified atom stereocenters. The maximum absolute atomic E-state index is 12.9. The van der Waals surface area contributed by atoms with Gasteiger partial charge in [0.2, 0.25) is 15.9 Å². The van der Waals surface area contributed by atoms with Crippen molar-refractivity contribution in [2.75, 3.05) is 13.1 Å². The van der Waals surface area contributed by atoms with Gasteiger partial charge in [-0.3, -0.25) is 4.79 Å². The molecule has 0 aliphatic heterocycles. The average molecular weight is 445 g/mol. The molecule has 0 aliphatic rings. The summed E-state index contributed by atoms with van der Waals surface area (Å²) in [6.07, 6.45) is -4.99. The monoisotopic (exact) mass is 444 g/mol. The summed E-state index contributed by atoms with van der Waals surface area (Å²) in [4.78, 5) is 11.1. The molecule has 0 aromatic heterocycles. The molecular formula is C19H16ClF3N2O3S. The van der Waals surface area contributed by atoms with Crippen molar-refractivity contribution in [3.63, 3.8) is 0 Å². The van der Waals surface area contributed by atoms with Gasteiger partial charge < -0.3 is 5.32 Å². The molecule has 0 saturated heterocycles. The molecule has 0 aliphatic carbocycles. The molecule has 29 heavy (non-hydrogen) atoms. The van der Waals surface area contributed by atoms with Gasteiger partial charge in [0.05, 0.1) is 22.0 Å². The quantitative estimate of drug-likeness (QED) is 0.672. The third-order valence-corrected chi connectivity index (χ3v) is 5.37. The molecule has 2 rings (SSSR count). The molecular weight excluding hydrogens is 429 g/mol. The summed E-state index contributed by atoms with van der Waals surface area (Å²) >= 11 is 5.48. The Morgan fingerprint density at radius 2 is 1.79 bits per heavy atom. The number of halogens is 4. The van der Waals surface area contributed by atoms with E-state index in [9.17, 15) is 26.4 Å². The molecule has 2 aromatic rings. The van der Waals surface area contributed by atoms with Crippen LogP contribution in [0, 0.1) is 11.8 Å². The minimum Gasteiger partial charge on any atom is -0.345 e. The van der Waals surface area contributed by atoms with Gasteiger partial charge in [0.15, 0.2) is 0 Å². The van der Waals surface area contributed by atoms with Crippen LogP contribution in [-0.4, -0.2) is 27.4 Å². The standard InChI is InChI=1S/C19H16ClF3N2O3S/c20-17-9-8-15(13-16(17)19(21,22)23)29(27,28)25-12-10-18(26)24-11-4-7-14-5-2-1-3-6-14/h1-3,5-6,8-9,13,25H,10-12H2,(H,24,26). The van der Waals surface area contributed by atoms with Gasteiger partial charge >= 0.3 is 6.18 Å². The van der Waals surface area contributed by atoms with E-state index in [1.54, 1.807) is 0 Å². The van der Waals surface area contributed by atoms with Crippen molar-refractivity contribution in [2.24, 2.45) is 0 Å². The summed E-state index contributed by atoms with van der Waals surface area (Å²) in [6.45, 7) is -0.211. The molecule has 2 aromatic carbocycles. The first kappa shape index (κ1) is 22.7. The van der Waals surface area contributed by atoms with Gasteiger partial charge in [0.1, 0.15) is 0 Å². The zero-order chi connectivity index (χ0) is 21.5. The van der Waals surface area contributed by atoms with Crippen LogP contribution in [0.5, 0.6) is 0 Å². The van der Waals surface area contributed by atoms with E-state index in [4.69, 9.17) is 11.6 Å². The van der Waals surface area contributed by atoms with Crippen molar-refractivity contribution in [1.29, 1.82) is 0 Å². The van der Waals surface area contributed by atoms with Crippen LogP contribution in [0.4, 0.5) is 13.2 Å². The molecule has 154 valence electrons. The van der Waals surface area contributed by atoms with Crippen LogP contribution in [0.2, 0.25) is 5.02 Å². The molecule has 2 N–H and O–H groups in total. The molecule has 0 fully saturated rings. The Morgan fingerprint density at radius 1 is 1.10 bits per heavy atom. The fourth-order valence-electron chi connectivity index (χ4n) is 2.17. The number of sulfonamides is 1. The molecule has 0 radical (unpaired) electrons. The van der Waals surface area contributed by atoms with Crippen LogP contribution in [0.3, 0.4) is 0 Å². The van der Waals surface area contributed by atoms with E-state index in [1.165, 1.54) is 0 Å². The summed E-state index contributed by atoms with van der Waals surface area (Å²) in [5, 5.41) is 1.90. The van der Waals surface area contributed by atoms with Crippen LogP contribution in [0.1, 0.15) is 17.5 Å². The lowest BCUT2D eigenvalue weighted by Gasteiger charge is -2.12. The van der Waals surface area contributed by atoms with Crippen LogP contribution >= 0.6 is 11.6 Å². The molecule has 1 amide bonds. The maximum atomic E-state index is 12.9. The van der Waals surface area contributed by atoms with Crippen LogP contribution in [-0.2, 0) is 21.0 Å². The fourth-order valence-corrected chi connectivity index (χ4v) is 3.45. The van der Waals surface area contributed by atoms with Gasteiger partial charge in [0, 0.05) is 18.5 Å². The van der Waals surface area contributed by atoms with E-state index < -0.39 is 37.6 Å². The topological polar surface area (TPSA) is 75.3 Å². The predicted octanol–water partition coefficient (Wildman–Crippen LogP) is 3.20. The Hall–Kier alpha value is -2.54. The molecule has 5 nitrogen and oxygen atoms in total. The smallest absolute Gasteiger partial charge is 0.345 e. The van der Waals surface area contributed by atoms with E-state index in [0.29, 0.717) is 6.07 Å². The van der Waals surface area contributed by atoms with Gasteiger partial charge in [-0.2, -0.15) is 13.2 Å². The Balaban J connectivity index is 1.86. The molecule has 0 saturated carbocycles. The number of carbonyl (C=O) groups is 1. The van der Waals surface area contributed by atoms with Crippen LogP contribution in [0.15, 0.2) is 53.4 Å². The number of benzene rings is 2. The van der Waals surface area contributed by atoms with Crippen molar-refractivity contribution in [3.8, 4) is 11.8 Å². The van der Waals surface area contributed by atoms with Crippen molar-refractivity contribution < 1.29 is 26.4 Å². The molecule has 0 atom stereocenters. The van der Waals surface area contributed by atoms with E-state index in [0.717, 1.165) is 17.7 Å². The first-order valence-electron chi connectivity index (χ1n) is 8.26. The minimum atomic E-state index is -4.79. The second-order valence-corrected chi connectivity index (χ2v) is 7.91. The maximum Gasteiger partial charge on any atom is 0.417 e. The highest BCUT2D eigenvalue weighted by Crippen LogP contribution is 2.35. The van der Waals surface area contributed by atoms with Crippen molar-refractivity contribution in [3.05, 3.63) is 64.7 Å². The number of nitrogens with one attached hydrogen (secondary N) is 2. The number of amides is 1. The van der Waals surface area contributed by atoms with Crippen molar-refractivity contribution >= 4 is 27.5 Å². The Morgan fingerprint density at radius 3 is 2.45 bits per heavy atom. The zero-order valence-corrected chi connectivity index (χ0v) is 16.5.